The Hall–Kier alpha value is -1.60. The molecule has 1 aliphatic rings. The van der Waals surface area contributed by atoms with Gasteiger partial charge in [0.15, 0.2) is 11.2 Å². The maximum atomic E-state index is 11.7. The van der Waals surface area contributed by atoms with Gasteiger partial charge in [-0.25, -0.2) is 0 Å². The summed E-state index contributed by atoms with van der Waals surface area (Å²) in [7, 11) is 0. The van der Waals surface area contributed by atoms with Crippen molar-refractivity contribution in [2.45, 2.75) is 0 Å². The number of ether oxygens (including phenoxy) is 1. The molecule has 0 amide bonds. The Morgan fingerprint density at radius 1 is 1.69 bits per heavy atom. The van der Waals surface area contributed by atoms with E-state index in [4.69, 9.17) is 10.00 Å². The van der Waals surface area contributed by atoms with Gasteiger partial charge in [0.2, 0.25) is 0 Å². The third-order valence-corrected chi connectivity index (χ3v) is 2.21. The van der Waals surface area contributed by atoms with E-state index in [-0.39, 0.29) is 19.0 Å². The number of hydrogen-bond acceptors (Lipinski definition) is 3. The first-order chi connectivity index (χ1) is 6.28. The van der Waals surface area contributed by atoms with Gasteiger partial charge in [0.1, 0.15) is 0 Å². The fraction of sp³-hybridized carbons (Fsp3) is 0.333. The third-order valence-electron chi connectivity index (χ3n) is 2.21. The number of Topliss-reactive ketones (excluding diaryl/α,β-unsaturated/α-hetero) is 1. The lowest BCUT2D eigenvalue weighted by Crippen LogP contribution is -2.47. The van der Waals surface area contributed by atoms with Crippen LogP contribution in [-0.2, 0) is 4.74 Å². The van der Waals surface area contributed by atoms with Crippen LogP contribution in [0, 0.1) is 16.7 Å². The van der Waals surface area contributed by atoms with E-state index in [1.807, 2.05) is 6.07 Å². The Balaban J connectivity index is 2.28. The number of carbonyl (C=O) groups excluding carboxylic acids is 1. The van der Waals surface area contributed by atoms with E-state index in [9.17, 15) is 4.79 Å². The monoisotopic (exact) mass is 176 g/mol. The Morgan fingerprint density at radius 3 is 2.85 bits per heavy atom. The second-order valence-electron chi connectivity index (χ2n) is 3.12. The minimum absolute atomic E-state index is 0.150. The van der Waals surface area contributed by atoms with Crippen molar-refractivity contribution < 1.29 is 9.53 Å². The maximum absolute atomic E-state index is 11.7. The van der Waals surface area contributed by atoms with Gasteiger partial charge in [-0.3, -0.25) is 4.79 Å². The standard InChI is InChI=1S/C9H8N2O2/c10-4-9(5-13-6-9)8(12)7-1-2-11-3-7/h1-3,11H,5-6H2. The first kappa shape index (κ1) is 8.02. The van der Waals surface area contributed by atoms with Crippen molar-refractivity contribution in [2.75, 3.05) is 13.2 Å². The SMILES string of the molecule is N#CC1(C(=O)c2cc[nH]c2)COC1. The predicted octanol–water partition coefficient (Wildman–Crippen LogP) is 0.738. The van der Waals surface area contributed by atoms with Crippen LogP contribution in [-0.4, -0.2) is 24.0 Å². The van der Waals surface area contributed by atoms with Crippen molar-refractivity contribution in [3.63, 3.8) is 0 Å². The summed E-state index contributed by atoms with van der Waals surface area (Å²) in [6, 6.07) is 3.68. The maximum Gasteiger partial charge on any atom is 0.189 e. The molecule has 1 saturated heterocycles. The molecule has 1 aromatic heterocycles. The Kier molecular flexibility index (Phi) is 1.67. The van der Waals surface area contributed by atoms with Crippen LogP contribution in [0.1, 0.15) is 10.4 Å². The Labute approximate surface area is 75.1 Å². The first-order valence-corrected chi connectivity index (χ1v) is 3.95. The molecule has 0 spiro atoms. The summed E-state index contributed by atoms with van der Waals surface area (Å²) in [4.78, 5) is 14.5. The Bertz CT molecular complexity index is 357. The fourth-order valence-corrected chi connectivity index (χ4v) is 1.29. The van der Waals surface area contributed by atoms with Crippen molar-refractivity contribution in [1.29, 1.82) is 5.26 Å². The lowest BCUT2D eigenvalue weighted by atomic mass is 9.81. The van der Waals surface area contributed by atoms with Crippen LogP contribution in [0.15, 0.2) is 18.5 Å². The zero-order valence-electron chi connectivity index (χ0n) is 6.91. The fourth-order valence-electron chi connectivity index (χ4n) is 1.29. The van der Waals surface area contributed by atoms with Gasteiger partial charge in [-0.05, 0) is 6.07 Å². The number of aromatic amines is 1. The molecular weight excluding hydrogens is 168 g/mol. The average Bonchev–Trinajstić information content (AvgIpc) is 2.54. The summed E-state index contributed by atoms with van der Waals surface area (Å²) in [5.74, 6) is -0.150. The van der Waals surface area contributed by atoms with Crippen molar-refractivity contribution in [3.8, 4) is 6.07 Å². The molecule has 0 bridgehead atoms. The van der Waals surface area contributed by atoms with E-state index >= 15 is 0 Å². The molecule has 0 aliphatic carbocycles. The van der Waals surface area contributed by atoms with Crippen LogP contribution in [0.2, 0.25) is 0 Å². The van der Waals surface area contributed by atoms with Crippen molar-refractivity contribution in [2.24, 2.45) is 5.41 Å². The average molecular weight is 176 g/mol. The minimum atomic E-state index is -0.928. The Morgan fingerprint density at radius 2 is 2.46 bits per heavy atom. The van der Waals surface area contributed by atoms with Gasteiger partial charge in [-0.15, -0.1) is 0 Å². The van der Waals surface area contributed by atoms with Gasteiger partial charge in [0.05, 0.1) is 19.3 Å². The summed E-state index contributed by atoms with van der Waals surface area (Å²) in [6.07, 6.45) is 3.26. The highest BCUT2D eigenvalue weighted by Gasteiger charge is 2.46. The molecule has 66 valence electrons. The van der Waals surface area contributed by atoms with Crippen molar-refractivity contribution in [3.05, 3.63) is 24.0 Å². The van der Waals surface area contributed by atoms with Crippen LogP contribution >= 0.6 is 0 Å². The number of nitriles is 1. The molecule has 0 unspecified atom stereocenters. The molecule has 0 atom stereocenters. The van der Waals surface area contributed by atoms with E-state index < -0.39 is 5.41 Å². The summed E-state index contributed by atoms with van der Waals surface area (Å²) in [5, 5.41) is 8.84. The second kappa shape index (κ2) is 2.71. The van der Waals surface area contributed by atoms with E-state index in [2.05, 4.69) is 4.98 Å². The van der Waals surface area contributed by atoms with Gasteiger partial charge in [-0.2, -0.15) is 5.26 Å². The molecule has 2 heterocycles. The largest absolute Gasteiger partial charge is 0.377 e. The molecule has 4 nitrogen and oxygen atoms in total. The number of carbonyl (C=O) groups is 1. The normalized spacial score (nSPS) is 18.7. The van der Waals surface area contributed by atoms with Crippen LogP contribution < -0.4 is 0 Å². The van der Waals surface area contributed by atoms with Gasteiger partial charge >= 0.3 is 0 Å². The predicted molar refractivity (Wildman–Crippen MR) is 44.0 cm³/mol. The van der Waals surface area contributed by atoms with Gasteiger partial charge in [-0.1, -0.05) is 0 Å². The molecule has 0 radical (unpaired) electrons. The molecule has 0 aromatic carbocycles. The number of rotatable bonds is 2. The molecule has 4 heteroatoms. The smallest absolute Gasteiger partial charge is 0.189 e. The quantitative estimate of drug-likeness (QED) is 0.676. The highest BCUT2D eigenvalue weighted by atomic mass is 16.5. The zero-order chi connectivity index (χ0) is 9.31. The number of nitrogens with zero attached hydrogens (tertiary/aromatic N) is 1. The van der Waals surface area contributed by atoms with Crippen molar-refractivity contribution >= 4 is 5.78 Å². The van der Waals surface area contributed by atoms with Gasteiger partial charge in [0.25, 0.3) is 0 Å². The first-order valence-electron chi connectivity index (χ1n) is 3.95. The van der Waals surface area contributed by atoms with Crippen LogP contribution in [0.4, 0.5) is 0 Å². The van der Waals surface area contributed by atoms with E-state index in [0.29, 0.717) is 5.56 Å². The van der Waals surface area contributed by atoms with Crippen LogP contribution in [0.3, 0.4) is 0 Å². The third kappa shape index (κ3) is 1.05. The summed E-state index contributed by atoms with van der Waals surface area (Å²) < 4.78 is 4.89. The van der Waals surface area contributed by atoms with Crippen molar-refractivity contribution in [1.82, 2.24) is 4.98 Å². The summed E-state index contributed by atoms with van der Waals surface area (Å²) in [6.45, 7) is 0.432. The number of aromatic nitrogens is 1. The number of nitrogens with one attached hydrogen (secondary N) is 1. The number of H-pyrrole nitrogens is 1. The molecule has 1 fully saturated rings. The molecule has 1 aliphatic heterocycles. The molecule has 1 N–H and O–H groups in total. The van der Waals surface area contributed by atoms with Crippen LogP contribution in [0.5, 0.6) is 0 Å². The molecule has 2 rings (SSSR count). The van der Waals surface area contributed by atoms with E-state index in [0.717, 1.165) is 0 Å². The lowest BCUT2D eigenvalue weighted by Gasteiger charge is -2.32. The summed E-state index contributed by atoms with van der Waals surface area (Å²) in [5.41, 5.74) is -0.382. The highest BCUT2D eigenvalue weighted by Crippen LogP contribution is 2.30. The summed E-state index contributed by atoms with van der Waals surface area (Å²) >= 11 is 0. The molecular formula is C9H8N2O2. The lowest BCUT2D eigenvalue weighted by molar-refractivity contribution is -0.0566. The second-order valence-corrected chi connectivity index (χ2v) is 3.12. The van der Waals surface area contributed by atoms with E-state index in [1.165, 1.54) is 0 Å². The molecule has 13 heavy (non-hydrogen) atoms. The van der Waals surface area contributed by atoms with E-state index in [1.54, 1.807) is 18.5 Å². The molecule has 0 saturated carbocycles. The van der Waals surface area contributed by atoms with Crippen LogP contribution in [0.25, 0.3) is 0 Å². The molecule has 1 aromatic rings. The highest BCUT2D eigenvalue weighted by molar-refractivity contribution is 6.02. The van der Waals surface area contributed by atoms with Gasteiger partial charge < -0.3 is 9.72 Å². The zero-order valence-corrected chi connectivity index (χ0v) is 6.91. The topological polar surface area (TPSA) is 65.9 Å². The minimum Gasteiger partial charge on any atom is -0.377 e. The van der Waals surface area contributed by atoms with Gasteiger partial charge in [0, 0.05) is 18.0 Å². The number of ketones is 1. The number of hydrogen-bond donors (Lipinski definition) is 1.